The number of hydrogen-bond donors (Lipinski definition) is 0. The van der Waals surface area contributed by atoms with Crippen LogP contribution in [0.25, 0.3) is 32.6 Å². The van der Waals surface area contributed by atoms with E-state index >= 15 is 0 Å². The third kappa shape index (κ3) is 1.51. The van der Waals surface area contributed by atoms with Gasteiger partial charge in [-0.3, -0.25) is 0 Å². The molecular weight excluding hydrogens is 249 g/mol. The Balaban J connectivity index is 2.30. The van der Waals surface area contributed by atoms with Crippen LogP contribution < -0.4 is 0 Å². The number of hydrogen-bond acceptors (Lipinski definition) is 1. The van der Waals surface area contributed by atoms with Crippen LogP contribution >= 0.6 is 0 Å². The van der Waals surface area contributed by atoms with Gasteiger partial charge in [-0.1, -0.05) is 30.3 Å². The standard InChI is InChI=1S/C18H12FN/c1-11-15-10-13(19)7-9-16(15)20-17-8-6-12-4-2-3-5-14(12)18(11)17/h2-10H,1H3. The summed E-state index contributed by atoms with van der Waals surface area (Å²) in [6.45, 7) is 2.04. The zero-order valence-electron chi connectivity index (χ0n) is 11.0. The van der Waals surface area contributed by atoms with Crippen molar-refractivity contribution in [3.8, 4) is 0 Å². The minimum Gasteiger partial charge on any atom is -0.248 e. The predicted molar refractivity (Wildman–Crippen MR) is 81.5 cm³/mol. The average Bonchev–Trinajstić information content (AvgIpc) is 2.48. The summed E-state index contributed by atoms with van der Waals surface area (Å²) in [5.41, 5.74) is 2.88. The Labute approximate surface area is 115 Å². The van der Waals surface area contributed by atoms with Crippen LogP contribution in [0.5, 0.6) is 0 Å². The van der Waals surface area contributed by atoms with Gasteiger partial charge in [-0.05, 0) is 47.5 Å². The van der Waals surface area contributed by atoms with Crippen molar-refractivity contribution >= 4 is 32.6 Å². The molecule has 0 aliphatic carbocycles. The van der Waals surface area contributed by atoms with Crippen molar-refractivity contribution in [1.29, 1.82) is 0 Å². The van der Waals surface area contributed by atoms with E-state index in [-0.39, 0.29) is 5.82 Å². The van der Waals surface area contributed by atoms with Crippen molar-refractivity contribution in [2.75, 3.05) is 0 Å². The first kappa shape index (κ1) is 11.4. The maximum atomic E-state index is 13.5. The molecule has 0 aliphatic heterocycles. The summed E-state index contributed by atoms with van der Waals surface area (Å²) in [5, 5.41) is 4.34. The second-order valence-corrected chi connectivity index (χ2v) is 5.08. The van der Waals surface area contributed by atoms with Crippen LogP contribution in [0.3, 0.4) is 0 Å². The molecule has 0 amide bonds. The molecule has 0 atom stereocenters. The Kier molecular flexibility index (Phi) is 2.27. The zero-order chi connectivity index (χ0) is 13.7. The van der Waals surface area contributed by atoms with Crippen LogP contribution in [0.4, 0.5) is 4.39 Å². The molecule has 0 radical (unpaired) electrons. The lowest BCUT2D eigenvalue weighted by Gasteiger charge is -2.10. The molecule has 0 fully saturated rings. The van der Waals surface area contributed by atoms with Gasteiger partial charge in [0.15, 0.2) is 0 Å². The summed E-state index contributed by atoms with van der Waals surface area (Å²) in [5.74, 6) is -0.220. The van der Waals surface area contributed by atoms with E-state index in [1.165, 1.54) is 16.8 Å². The number of fused-ring (bicyclic) bond motifs is 4. The smallest absolute Gasteiger partial charge is 0.123 e. The summed E-state index contributed by atoms with van der Waals surface area (Å²) in [7, 11) is 0. The fourth-order valence-corrected chi connectivity index (χ4v) is 2.92. The Bertz CT molecular complexity index is 973. The summed E-state index contributed by atoms with van der Waals surface area (Å²) < 4.78 is 13.5. The van der Waals surface area contributed by atoms with Crippen molar-refractivity contribution in [3.05, 3.63) is 66.0 Å². The normalized spacial score (nSPS) is 11.5. The molecule has 0 spiro atoms. The zero-order valence-corrected chi connectivity index (χ0v) is 11.0. The van der Waals surface area contributed by atoms with Gasteiger partial charge in [0.25, 0.3) is 0 Å². The van der Waals surface area contributed by atoms with E-state index in [1.807, 2.05) is 25.1 Å². The molecule has 4 aromatic rings. The summed E-state index contributed by atoms with van der Waals surface area (Å²) in [4.78, 5) is 4.66. The highest BCUT2D eigenvalue weighted by Gasteiger charge is 2.09. The molecule has 0 saturated carbocycles. The molecule has 0 unspecified atom stereocenters. The highest BCUT2D eigenvalue weighted by molar-refractivity contribution is 6.12. The topological polar surface area (TPSA) is 12.9 Å². The molecule has 4 rings (SSSR count). The van der Waals surface area contributed by atoms with Crippen molar-refractivity contribution in [1.82, 2.24) is 4.98 Å². The minimum atomic E-state index is -0.220. The van der Waals surface area contributed by atoms with Crippen LogP contribution in [-0.4, -0.2) is 4.98 Å². The molecule has 1 nitrogen and oxygen atoms in total. The van der Waals surface area contributed by atoms with E-state index in [9.17, 15) is 4.39 Å². The fraction of sp³-hybridized carbons (Fsp3) is 0.0556. The second-order valence-electron chi connectivity index (χ2n) is 5.08. The summed E-state index contributed by atoms with van der Waals surface area (Å²) >= 11 is 0. The van der Waals surface area contributed by atoms with Crippen molar-refractivity contribution in [3.63, 3.8) is 0 Å². The average molecular weight is 261 g/mol. The van der Waals surface area contributed by atoms with E-state index in [0.29, 0.717) is 0 Å². The number of halogens is 1. The van der Waals surface area contributed by atoms with Gasteiger partial charge in [-0.15, -0.1) is 0 Å². The van der Waals surface area contributed by atoms with Gasteiger partial charge in [0.2, 0.25) is 0 Å². The molecule has 96 valence electrons. The highest BCUT2D eigenvalue weighted by Crippen LogP contribution is 2.31. The lowest BCUT2D eigenvalue weighted by Crippen LogP contribution is -1.90. The largest absolute Gasteiger partial charge is 0.248 e. The monoisotopic (exact) mass is 261 g/mol. The molecule has 0 saturated heterocycles. The summed E-state index contributed by atoms with van der Waals surface area (Å²) in [6.07, 6.45) is 0. The number of aryl methyl sites for hydroxylation is 1. The molecule has 0 bridgehead atoms. The van der Waals surface area contributed by atoms with Gasteiger partial charge >= 0.3 is 0 Å². The van der Waals surface area contributed by atoms with Crippen LogP contribution in [0.15, 0.2) is 54.6 Å². The van der Waals surface area contributed by atoms with Crippen LogP contribution in [0, 0.1) is 12.7 Å². The van der Waals surface area contributed by atoms with Crippen LogP contribution in [0.1, 0.15) is 5.56 Å². The van der Waals surface area contributed by atoms with Gasteiger partial charge in [0.1, 0.15) is 5.82 Å². The van der Waals surface area contributed by atoms with E-state index in [1.54, 1.807) is 12.1 Å². The number of pyridine rings is 1. The molecule has 0 aliphatic rings. The van der Waals surface area contributed by atoms with Gasteiger partial charge < -0.3 is 0 Å². The second kappa shape index (κ2) is 4.01. The third-order valence-electron chi connectivity index (χ3n) is 3.89. The molecule has 3 aromatic carbocycles. The fourth-order valence-electron chi connectivity index (χ4n) is 2.92. The third-order valence-corrected chi connectivity index (χ3v) is 3.89. The predicted octanol–water partition coefficient (Wildman–Crippen LogP) is 4.99. The summed E-state index contributed by atoms with van der Waals surface area (Å²) in [6, 6.07) is 17.1. The quantitative estimate of drug-likeness (QED) is 0.321. The Morgan fingerprint density at radius 3 is 2.55 bits per heavy atom. The molecule has 20 heavy (non-hydrogen) atoms. The number of benzene rings is 3. The van der Waals surface area contributed by atoms with Crippen LogP contribution in [0.2, 0.25) is 0 Å². The first-order valence-corrected chi connectivity index (χ1v) is 6.61. The van der Waals surface area contributed by atoms with Gasteiger partial charge in [-0.25, -0.2) is 9.37 Å². The maximum Gasteiger partial charge on any atom is 0.123 e. The Hall–Kier alpha value is -2.48. The van der Waals surface area contributed by atoms with Gasteiger partial charge in [0.05, 0.1) is 11.0 Å². The number of rotatable bonds is 0. The highest BCUT2D eigenvalue weighted by atomic mass is 19.1. The van der Waals surface area contributed by atoms with E-state index in [2.05, 4.69) is 23.2 Å². The van der Waals surface area contributed by atoms with Crippen molar-refractivity contribution in [2.45, 2.75) is 6.92 Å². The number of aromatic nitrogens is 1. The van der Waals surface area contributed by atoms with E-state index in [4.69, 9.17) is 0 Å². The first-order valence-electron chi connectivity index (χ1n) is 6.61. The Morgan fingerprint density at radius 2 is 1.65 bits per heavy atom. The molecule has 1 aromatic heterocycles. The first-order chi connectivity index (χ1) is 9.74. The molecular formula is C18H12FN. The lowest BCUT2D eigenvalue weighted by atomic mass is 9.98. The van der Waals surface area contributed by atoms with Crippen molar-refractivity contribution < 1.29 is 4.39 Å². The molecule has 1 heterocycles. The molecule has 2 heteroatoms. The van der Waals surface area contributed by atoms with Crippen molar-refractivity contribution in [2.24, 2.45) is 0 Å². The maximum absolute atomic E-state index is 13.5. The lowest BCUT2D eigenvalue weighted by molar-refractivity contribution is 0.629. The number of nitrogens with zero attached hydrogens (tertiary/aromatic N) is 1. The van der Waals surface area contributed by atoms with Gasteiger partial charge in [-0.2, -0.15) is 0 Å². The minimum absolute atomic E-state index is 0.220. The SMILES string of the molecule is Cc1c2cc(F)ccc2nc2ccc3ccccc3c12. The Morgan fingerprint density at radius 1 is 0.850 bits per heavy atom. The van der Waals surface area contributed by atoms with Gasteiger partial charge in [0, 0.05) is 10.8 Å². The van der Waals surface area contributed by atoms with E-state index in [0.717, 1.165) is 27.4 Å². The molecule has 0 N–H and O–H groups in total. The van der Waals surface area contributed by atoms with E-state index < -0.39 is 0 Å². The van der Waals surface area contributed by atoms with Crippen LogP contribution in [-0.2, 0) is 0 Å².